The van der Waals surface area contributed by atoms with Gasteiger partial charge in [0.15, 0.2) is 0 Å². The van der Waals surface area contributed by atoms with Crippen molar-refractivity contribution < 1.29 is 13.2 Å². The first-order valence-corrected chi connectivity index (χ1v) is 5.44. The van der Waals surface area contributed by atoms with Gasteiger partial charge in [0, 0.05) is 6.42 Å². The summed E-state index contributed by atoms with van der Waals surface area (Å²) in [5.74, 6) is 0. The highest BCUT2D eigenvalue weighted by Gasteiger charge is 2.31. The number of nitrogens with zero attached hydrogens (tertiary/aromatic N) is 2. The van der Waals surface area contributed by atoms with Crippen molar-refractivity contribution in [3.05, 3.63) is 35.4 Å². The first-order valence-electron chi connectivity index (χ1n) is 5.44. The highest BCUT2D eigenvalue weighted by Crippen LogP contribution is 2.29. The van der Waals surface area contributed by atoms with E-state index in [0.717, 1.165) is 12.1 Å². The van der Waals surface area contributed by atoms with Crippen molar-refractivity contribution >= 4 is 0 Å². The summed E-state index contributed by atoms with van der Waals surface area (Å²) < 4.78 is 37.2. The third-order valence-electron chi connectivity index (χ3n) is 3.06. The quantitative estimate of drug-likeness (QED) is 0.831. The van der Waals surface area contributed by atoms with Crippen LogP contribution in [0.15, 0.2) is 24.3 Å². The third kappa shape index (κ3) is 3.23. The van der Waals surface area contributed by atoms with Gasteiger partial charge >= 0.3 is 6.18 Å². The Morgan fingerprint density at radius 2 is 1.67 bits per heavy atom. The number of hydrogen-bond acceptors (Lipinski definition) is 2. The number of hydrogen-bond donors (Lipinski definition) is 0. The summed E-state index contributed by atoms with van der Waals surface area (Å²) in [6, 6.07) is 7.10. The second-order valence-corrected chi connectivity index (χ2v) is 4.65. The Bertz CT molecular complexity index is 443. The van der Waals surface area contributed by atoms with Gasteiger partial charge in [-0.25, -0.2) is 0 Å². The zero-order valence-electron chi connectivity index (χ0n) is 10.5. The van der Waals surface area contributed by atoms with Crippen molar-refractivity contribution in [2.24, 2.45) is 0 Å². The molecule has 0 saturated carbocycles. The van der Waals surface area contributed by atoms with Crippen LogP contribution in [0.5, 0.6) is 0 Å². The first kappa shape index (κ1) is 14.5. The first-order chi connectivity index (χ1) is 8.19. The summed E-state index contributed by atoms with van der Waals surface area (Å²) in [7, 11) is 3.54. The molecule has 0 heterocycles. The standard InChI is InChI=1S/C13H15F3N2/c1-12(9-17,18(2)3)8-10-4-6-11(7-5-10)13(14,15)16/h4-7H,8H2,1-3H3. The Hall–Kier alpha value is -1.54. The van der Waals surface area contributed by atoms with E-state index in [9.17, 15) is 13.2 Å². The van der Waals surface area contributed by atoms with E-state index in [-0.39, 0.29) is 0 Å². The molecule has 0 spiro atoms. The second-order valence-electron chi connectivity index (χ2n) is 4.65. The molecule has 1 aromatic rings. The van der Waals surface area contributed by atoms with Gasteiger partial charge in [-0.05, 0) is 38.7 Å². The Morgan fingerprint density at radius 1 is 1.17 bits per heavy atom. The van der Waals surface area contributed by atoms with Gasteiger partial charge in [0.2, 0.25) is 0 Å². The van der Waals surface area contributed by atoms with Crippen LogP contribution in [0.4, 0.5) is 13.2 Å². The molecule has 0 aliphatic heterocycles. The minimum atomic E-state index is -4.32. The molecule has 1 unspecified atom stereocenters. The van der Waals surface area contributed by atoms with Gasteiger partial charge in [0.05, 0.1) is 11.6 Å². The molecule has 1 aromatic carbocycles. The fraction of sp³-hybridized carbons (Fsp3) is 0.462. The van der Waals surface area contributed by atoms with Gasteiger partial charge in [0.25, 0.3) is 0 Å². The lowest BCUT2D eigenvalue weighted by atomic mass is 9.93. The summed E-state index contributed by atoms with van der Waals surface area (Å²) >= 11 is 0. The van der Waals surface area contributed by atoms with Crippen LogP contribution < -0.4 is 0 Å². The average molecular weight is 256 g/mol. The minimum Gasteiger partial charge on any atom is -0.292 e. The van der Waals surface area contributed by atoms with Crippen molar-refractivity contribution in [3.63, 3.8) is 0 Å². The van der Waals surface area contributed by atoms with Crippen LogP contribution in [0.25, 0.3) is 0 Å². The van der Waals surface area contributed by atoms with Crippen molar-refractivity contribution in [2.45, 2.75) is 25.1 Å². The Morgan fingerprint density at radius 3 is 2.00 bits per heavy atom. The zero-order chi connectivity index (χ0) is 14.0. The van der Waals surface area contributed by atoms with Crippen LogP contribution in [0, 0.1) is 11.3 Å². The summed E-state index contributed by atoms with van der Waals surface area (Å²) in [5, 5.41) is 9.13. The molecule has 0 aromatic heterocycles. The van der Waals surface area contributed by atoms with Crippen molar-refractivity contribution in [1.29, 1.82) is 5.26 Å². The fourth-order valence-corrected chi connectivity index (χ4v) is 1.51. The van der Waals surface area contributed by atoms with Crippen LogP contribution in [0.1, 0.15) is 18.1 Å². The van der Waals surface area contributed by atoms with Gasteiger partial charge in [-0.1, -0.05) is 12.1 Å². The van der Waals surface area contributed by atoms with Crippen LogP contribution in [-0.2, 0) is 12.6 Å². The minimum absolute atomic E-state index is 0.384. The lowest BCUT2D eigenvalue weighted by Gasteiger charge is -2.29. The summed E-state index contributed by atoms with van der Waals surface area (Å²) in [6.07, 6.45) is -3.94. The predicted octanol–water partition coefficient (Wildman–Crippen LogP) is 3.09. The van der Waals surface area contributed by atoms with E-state index in [4.69, 9.17) is 5.26 Å². The molecule has 0 N–H and O–H groups in total. The molecule has 0 aliphatic carbocycles. The predicted molar refractivity (Wildman–Crippen MR) is 62.9 cm³/mol. The van der Waals surface area contributed by atoms with E-state index in [1.807, 2.05) is 0 Å². The monoisotopic (exact) mass is 256 g/mol. The van der Waals surface area contributed by atoms with Crippen LogP contribution in [0.2, 0.25) is 0 Å². The van der Waals surface area contributed by atoms with Crippen molar-refractivity contribution in [1.82, 2.24) is 4.90 Å². The molecule has 1 rings (SSSR count). The molecule has 0 saturated heterocycles. The molecule has 0 radical (unpaired) electrons. The highest BCUT2D eigenvalue weighted by atomic mass is 19.4. The Labute approximate surface area is 105 Å². The number of halogens is 3. The van der Waals surface area contributed by atoms with E-state index in [1.54, 1.807) is 25.9 Å². The Kier molecular flexibility index (Phi) is 4.02. The maximum atomic E-state index is 12.4. The van der Waals surface area contributed by atoms with Crippen LogP contribution in [-0.4, -0.2) is 24.5 Å². The van der Waals surface area contributed by atoms with E-state index >= 15 is 0 Å². The lowest BCUT2D eigenvalue weighted by Crippen LogP contribution is -2.41. The van der Waals surface area contributed by atoms with Gasteiger partial charge in [-0.3, -0.25) is 4.90 Å². The number of alkyl halides is 3. The van der Waals surface area contributed by atoms with Gasteiger partial charge in [0.1, 0.15) is 5.54 Å². The zero-order valence-corrected chi connectivity index (χ0v) is 10.5. The SMILES string of the molecule is CN(C)C(C)(C#N)Cc1ccc(C(F)(F)F)cc1. The largest absolute Gasteiger partial charge is 0.416 e. The maximum absolute atomic E-state index is 12.4. The smallest absolute Gasteiger partial charge is 0.292 e. The molecule has 98 valence electrons. The van der Waals surface area contributed by atoms with Crippen molar-refractivity contribution in [3.8, 4) is 6.07 Å². The van der Waals surface area contributed by atoms with Gasteiger partial charge in [-0.15, -0.1) is 0 Å². The maximum Gasteiger partial charge on any atom is 0.416 e. The highest BCUT2D eigenvalue weighted by molar-refractivity contribution is 5.27. The number of rotatable bonds is 3. The summed E-state index contributed by atoms with van der Waals surface area (Å²) in [6.45, 7) is 1.75. The molecule has 1 atom stereocenters. The van der Waals surface area contributed by atoms with Crippen LogP contribution in [0.3, 0.4) is 0 Å². The van der Waals surface area contributed by atoms with Gasteiger partial charge in [-0.2, -0.15) is 18.4 Å². The number of likely N-dealkylation sites (N-methyl/N-ethyl adjacent to an activating group) is 1. The molecular formula is C13H15F3N2. The summed E-state index contributed by atoms with van der Waals surface area (Å²) in [5.41, 5.74) is -0.685. The molecule has 5 heteroatoms. The summed E-state index contributed by atoms with van der Waals surface area (Å²) in [4.78, 5) is 1.75. The molecule has 2 nitrogen and oxygen atoms in total. The average Bonchev–Trinajstić information content (AvgIpc) is 2.28. The Balaban J connectivity index is 2.92. The second kappa shape index (κ2) is 4.99. The topological polar surface area (TPSA) is 27.0 Å². The molecular weight excluding hydrogens is 241 g/mol. The van der Waals surface area contributed by atoms with E-state index in [0.29, 0.717) is 12.0 Å². The van der Waals surface area contributed by atoms with Crippen LogP contribution >= 0.6 is 0 Å². The number of nitriles is 1. The molecule has 0 fully saturated rings. The molecule has 0 aliphatic rings. The third-order valence-corrected chi connectivity index (χ3v) is 3.06. The normalized spacial score (nSPS) is 15.2. The lowest BCUT2D eigenvalue weighted by molar-refractivity contribution is -0.137. The van der Waals surface area contributed by atoms with Gasteiger partial charge < -0.3 is 0 Å². The molecule has 18 heavy (non-hydrogen) atoms. The van der Waals surface area contributed by atoms with Crippen molar-refractivity contribution in [2.75, 3.05) is 14.1 Å². The molecule has 0 bridgehead atoms. The molecule has 0 amide bonds. The van der Waals surface area contributed by atoms with E-state index in [1.165, 1.54) is 12.1 Å². The fourth-order valence-electron chi connectivity index (χ4n) is 1.51. The number of benzene rings is 1. The van der Waals surface area contributed by atoms with E-state index in [2.05, 4.69) is 6.07 Å². The van der Waals surface area contributed by atoms with E-state index < -0.39 is 17.3 Å².